The summed E-state index contributed by atoms with van der Waals surface area (Å²) in [6.07, 6.45) is 1.64. The van der Waals surface area contributed by atoms with Crippen LogP contribution in [-0.2, 0) is 16.5 Å². The van der Waals surface area contributed by atoms with Crippen LogP contribution in [0.15, 0.2) is 66.4 Å². The molecule has 0 N–H and O–H groups in total. The Morgan fingerprint density at radius 1 is 1.00 bits per heavy atom. The predicted molar refractivity (Wildman–Crippen MR) is 84.8 cm³/mol. The first kappa shape index (κ1) is 21.6. The predicted octanol–water partition coefficient (Wildman–Crippen LogP) is 4.44. The van der Waals surface area contributed by atoms with Gasteiger partial charge in [0, 0.05) is 0 Å². The molecule has 0 bridgehead atoms. The number of nitrogens with zero attached hydrogens (tertiary/aromatic N) is 2. The van der Waals surface area contributed by atoms with Gasteiger partial charge in [-0.15, -0.1) is 0 Å². The Labute approximate surface area is 139 Å². The molecule has 0 saturated carbocycles. The number of hydrogen-bond donors (Lipinski definition) is 0. The molecule has 0 aromatic heterocycles. The van der Waals surface area contributed by atoms with Crippen molar-refractivity contribution in [3.8, 4) is 0 Å². The van der Waals surface area contributed by atoms with E-state index in [2.05, 4.69) is 23.8 Å². The van der Waals surface area contributed by atoms with E-state index < -0.39 is 0 Å². The molecule has 0 heterocycles. The van der Waals surface area contributed by atoms with Crippen molar-refractivity contribution in [2.24, 2.45) is 5.11 Å². The van der Waals surface area contributed by atoms with Gasteiger partial charge in [0.15, 0.2) is 13.2 Å². The van der Waals surface area contributed by atoms with E-state index in [1.807, 2.05) is 69.4 Å². The Morgan fingerprint density at radius 2 is 1.43 bits per heavy atom. The van der Waals surface area contributed by atoms with E-state index in [9.17, 15) is 0 Å². The van der Waals surface area contributed by atoms with Gasteiger partial charge in [-0.25, -0.2) is 0 Å². The number of benzene rings is 2. The van der Waals surface area contributed by atoms with Crippen LogP contribution < -0.4 is 0 Å². The van der Waals surface area contributed by atoms with Crippen molar-refractivity contribution in [2.75, 3.05) is 14.1 Å². The minimum absolute atomic E-state index is 0. The van der Waals surface area contributed by atoms with Crippen LogP contribution in [0.3, 0.4) is 0 Å². The second-order valence-corrected chi connectivity index (χ2v) is 4.05. The van der Waals surface area contributed by atoms with E-state index in [0.717, 1.165) is 0 Å². The van der Waals surface area contributed by atoms with E-state index >= 15 is 0 Å². The zero-order valence-corrected chi connectivity index (χ0v) is 14.1. The summed E-state index contributed by atoms with van der Waals surface area (Å²) in [5.41, 5.74) is 2.39. The quantitative estimate of drug-likeness (QED) is 0.319. The molecule has 0 aliphatic heterocycles. The maximum Gasteiger partial charge on any atom is 2.00 e. The van der Waals surface area contributed by atoms with E-state index in [4.69, 9.17) is 0 Å². The van der Waals surface area contributed by atoms with Gasteiger partial charge in [-0.1, -0.05) is 18.5 Å². The van der Waals surface area contributed by atoms with Crippen LogP contribution in [0.5, 0.6) is 0 Å². The standard InChI is InChI=1S/2C7H7.C4H9N2.Ni/c2*1-7-5-3-2-4-6-7;1-4-6(3)5-2;/h2*2-5H,1H3;4H,1H2,2-3H3;/q2*-1;+1;+2. The average Bonchev–Trinajstić information content (AvgIpc) is 2.49. The first-order valence-corrected chi connectivity index (χ1v) is 6.42. The summed E-state index contributed by atoms with van der Waals surface area (Å²) in [4.78, 5) is 0. The maximum absolute atomic E-state index is 3.72. The molecule has 0 atom stereocenters. The fraction of sp³-hybridized carbons (Fsp3) is 0.222. The number of hydrogen-bond acceptors (Lipinski definition) is 1. The largest absolute Gasteiger partial charge is 2.00 e. The van der Waals surface area contributed by atoms with Crippen LogP contribution in [0.4, 0.5) is 0 Å². The molecular formula is C18H23N2Ni+. The maximum atomic E-state index is 3.72. The van der Waals surface area contributed by atoms with Gasteiger partial charge in [0.25, 0.3) is 0 Å². The molecule has 0 amide bonds. The summed E-state index contributed by atoms with van der Waals surface area (Å²) in [6.45, 7) is 7.52. The van der Waals surface area contributed by atoms with E-state index in [0.29, 0.717) is 0 Å². The summed E-state index contributed by atoms with van der Waals surface area (Å²) in [7, 11) is 3.54. The van der Waals surface area contributed by atoms with Crippen LogP contribution in [-0.4, -0.2) is 18.8 Å². The fourth-order valence-electron chi connectivity index (χ4n) is 1.05. The van der Waals surface area contributed by atoms with Crippen molar-refractivity contribution >= 4 is 0 Å². The van der Waals surface area contributed by atoms with Crippen molar-refractivity contribution in [3.05, 3.63) is 84.6 Å². The normalized spacial score (nSPS) is 9.05. The van der Waals surface area contributed by atoms with Crippen LogP contribution in [0.1, 0.15) is 11.1 Å². The average molecular weight is 326 g/mol. The SMILES string of the molecule is C=C[N+](C)=NC.Cc1[c-]cccc1.Cc1[c-]cccc1.[Ni+2]. The Balaban J connectivity index is 0. The Kier molecular flexibility index (Phi) is 15.1. The van der Waals surface area contributed by atoms with Crippen LogP contribution in [0, 0.1) is 26.0 Å². The molecule has 0 aliphatic carbocycles. The third-order valence-electron chi connectivity index (χ3n) is 2.31. The Morgan fingerprint density at radius 3 is 1.52 bits per heavy atom. The van der Waals surface area contributed by atoms with Crippen molar-refractivity contribution in [3.63, 3.8) is 0 Å². The molecular weight excluding hydrogens is 303 g/mol. The van der Waals surface area contributed by atoms with Crippen molar-refractivity contribution in [1.82, 2.24) is 0 Å². The Bertz CT molecular complexity index is 456. The summed E-state index contributed by atoms with van der Waals surface area (Å²) < 4.78 is 1.64. The minimum atomic E-state index is 0. The molecule has 2 nitrogen and oxygen atoms in total. The zero-order valence-electron chi connectivity index (χ0n) is 13.1. The van der Waals surface area contributed by atoms with Gasteiger partial charge in [-0.2, -0.15) is 71.8 Å². The molecule has 21 heavy (non-hydrogen) atoms. The third-order valence-corrected chi connectivity index (χ3v) is 2.31. The van der Waals surface area contributed by atoms with Crippen LogP contribution >= 0.6 is 0 Å². The molecule has 2 aromatic carbocycles. The van der Waals surface area contributed by atoms with Crippen molar-refractivity contribution < 1.29 is 21.2 Å². The monoisotopic (exact) mass is 325 g/mol. The molecule has 2 rings (SSSR count). The van der Waals surface area contributed by atoms with Gasteiger partial charge in [-0.05, 0) is 11.7 Å². The molecule has 0 unspecified atom stereocenters. The van der Waals surface area contributed by atoms with Gasteiger partial charge < -0.3 is 0 Å². The van der Waals surface area contributed by atoms with Gasteiger partial charge >= 0.3 is 16.5 Å². The smallest absolute Gasteiger partial charge is 0.181 e. The molecule has 114 valence electrons. The number of rotatable bonds is 1. The molecule has 0 saturated heterocycles. The second kappa shape index (κ2) is 14.7. The van der Waals surface area contributed by atoms with Gasteiger partial charge in [-0.3, -0.25) is 0 Å². The summed E-state index contributed by atoms with van der Waals surface area (Å²) >= 11 is 0. The van der Waals surface area contributed by atoms with E-state index in [1.54, 1.807) is 17.9 Å². The fourth-order valence-corrected chi connectivity index (χ4v) is 1.05. The molecule has 2 aromatic rings. The molecule has 3 heteroatoms. The first-order chi connectivity index (χ1) is 9.60. The molecule has 0 spiro atoms. The minimum Gasteiger partial charge on any atom is -0.181 e. The first-order valence-electron chi connectivity index (χ1n) is 6.42. The van der Waals surface area contributed by atoms with Crippen molar-refractivity contribution in [1.29, 1.82) is 0 Å². The van der Waals surface area contributed by atoms with Crippen molar-refractivity contribution in [2.45, 2.75) is 13.8 Å². The van der Waals surface area contributed by atoms with E-state index in [-0.39, 0.29) is 16.5 Å². The van der Waals surface area contributed by atoms with Gasteiger partial charge in [0.2, 0.25) is 0 Å². The van der Waals surface area contributed by atoms with Gasteiger partial charge in [0.1, 0.15) is 0 Å². The Hall–Kier alpha value is -1.73. The van der Waals surface area contributed by atoms with E-state index in [1.165, 1.54) is 11.1 Å². The summed E-state index contributed by atoms with van der Waals surface area (Å²) in [5.74, 6) is 0. The van der Waals surface area contributed by atoms with Crippen LogP contribution in [0.25, 0.3) is 0 Å². The van der Waals surface area contributed by atoms with Crippen LogP contribution in [0.2, 0.25) is 0 Å². The number of aryl methyl sites for hydroxylation is 2. The summed E-state index contributed by atoms with van der Waals surface area (Å²) in [5, 5.41) is 3.72. The second-order valence-electron chi connectivity index (χ2n) is 4.05. The topological polar surface area (TPSA) is 15.4 Å². The summed E-state index contributed by atoms with van der Waals surface area (Å²) in [6, 6.07) is 21.9. The zero-order chi connectivity index (χ0) is 15.2. The third kappa shape index (κ3) is 14.5. The number of azo groups is 2. The molecule has 0 radical (unpaired) electrons. The van der Waals surface area contributed by atoms with Gasteiger partial charge in [0.05, 0.1) is 7.05 Å². The molecule has 0 aliphatic rings. The molecule has 0 fully saturated rings.